The van der Waals surface area contributed by atoms with Crippen molar-refractivity contribution in [3.63, 3.8) is 0 Å². The number of halogens is 3. The third-order valence-corrected chi connectivity index (χ3v) is 16.5. The number of allylic oxidation sites excluding steroid dienone is 2. The standard InChI is InChI=1S/C45H55F3N4O9S2/c1-7-27-18-26(2)10-8-9-11-28-22-44(28,41(56)51-63(57,58)43(5)14-15-43)23-36(53)35-20-30(25-52(35)40(55)32(27)21-37(54)61-42(3,4)45(46,47)48)60-38-31-13-12-29(59-6)19-33(31)34(24-50-38)39-49-16-17-62-39/h9,11-13,16-17,19,24,26-28,30,32,35H,7-8,10,14-15,18,20-23,25H2,1-6H3,(H,51,56)/b11-9-/t26-,27-,28-,30-,32+,35+,44-/m1/s1. The SMILES string of the molecule is CC[C@@H]1C[C@H](C)CC/C=C\[C@@H]2C[C@@]2(C(=O)NS(=O)(=O)C2(C)CC2)CC(=O)[C@@H]2C[C@@H](Oc3ncc(-c4nccs4)c4cc(OC)ccc34)CN2C(=O)[C@H]1CC(=O)OC(C)(C)C(F)(F)F. The number of alkyl halides is 3. The molecule has 2 amide bonds. The number of nitrogens with zero attached hydrogens (tertiary/aromatic N) is 3. The molecule has 0 bridgehead atoms. The summed E-state index contributed by atoms with van der Waals surface area (Å²) in [7, 11) is -2.50. The molecule has 0 unspecified atom stereocenters. The van der Waals surface area contributed by atoms with E-state index in [4.69, 9.17) is 14.2 Å². The molecule has 0 radical (unpaired) electrons. The van der Waals surface area contributed by atoms with E-state index in [-0.39, 0.29) is 37.6 Å². The number of benzene rings is 1. The van der Waals surface area contributed by atoms with Crippen LogP contribution in [0.4, 0.5) is 13.2 Å². The van der Waals surface area contributed by atoms with E-state index in [1.54, 1.807) is 38.6 Å². The third kappa shape index (κ3) is 9.48. The second kappa shape index (κ2) is 17.4. The van der Waals surface area contributed by atoms with Gasteiger partial charge < -0.3 is 19.1 Å². The number of methoxy groups -OCH3 is 1. The van der Waals surface area contributed by atoms with E-state index in [9.17, 15) is 36.0 Å². The molecule has 63 heavy (non-hydrogen) atoms. The van der Waals surface area contributed by atoms with Crippen molar-refractivity contribution in [1.82, 2.24) is 19.6 Å². The number of nitrogens with one attached hydrogen (secondary N) is 1. The number of thiazole rings is 1. The van der Waals surface area contributed by atoms with Crippen LogP contribution in [0.1, 0.15) is 98.8 Å². The zero-order chi connectivity index (χ0) is 45.7. The predicted molar refractivity (Wildman–Crippen MR) is 229 cm³/mol. The lowest BCUT2D eigenvalue weighted by molar-refractivity contribution is -0.257. The average Bonchev–Trinajstić information content (AvgIpc) is 3.98. The molecular formula is C45H55F3N4O9S2. The number of aromatic nitrogens is 2. The molecular weight excluding hydrogens is 862 g/mol. The molecule has 7 atom stereocenters. The van der Waals surface area contributed by atoms with Gasteiger partial charge in [-0.15, -0.1) is 11.3 Å². The van der Waals surface area contributed by atoms with Gasteiger partial charge in [-0.1, -0.05) is 32.4 Å². The Morgan fingerprint density at radius 2 is 1.84 bits per heavy atom. The Morgan fingerprint density at radius 1 is 1.10 bits per heavy atom. The minimum absolute atomic E-state index is 0.0109. The van der Waals surface area contributed by atoms with E-state index in [0.29, 0.717) is 54.7 Å². The van der Waals surface area contributed by atoms with E-state index in [0.717, 1.165) is 24.8 Å². The van der Waals surface area contributed by atoms with Gasteiger partial charge in [-0.3, -0.25) is 23.9 Å². The number of carbonyl (C=O) groups excluding carboxylic acids is 4. The zero-order valence-corrected chi connectivity index (χ0v) is 38.0. The van der Waals surface area contributed by atoms with E-state index in [1.165, 1.54) is 16.2 Å². The number of ether oxygens (including phenoxy) is 3. The fourth-order valence-electron chi connectivity index (χ4n) is 9.01. The van der Waals surface area contributed by atoms with E-state index < -0.39 is 91.8 Å². The number of rotatable bonds is 11. The Morgan fingerprint density at radius 3 is 2.49 bits per heavy atom. The normalized spacial score (nSPS) is 28.2. The topological polar surface area (TPSA) is 171 Å². The number of carbonyl (C=O) groups is 4. The Hall–Kier alpha value is -4.58. The summed E-state index contributed by atoms with van der Waals surface area (Å²) >= 11 is 1.42. The highest BCUT2D eigenvalue weighted by Gasteiger charge is 2.63. The maximum Gasteiger partial charge on any atom is 0.427 e. The van der Waals surface area contributed by atoms with Crippen molar-refractivity contribution in [3.05, 3.63) is 48.1 Å². The average molecular weight is 917 g/mol. The molecule has 1 aromatic carbocycles. The number of Topliss-reactive ketones (excluding diaryl/α,β-unsaturated/α-hetero) is 1. The monoisotopic (exact) mass is 916 g/mol. The van der Waals surface area contributed by atoms with Gasteiger partial charge in [0, 0.05) is 47.0 Å². The fraction of sp³-hybridized carbons (Fsp3) is 0.600. The first-order valence-corrected chi connectivity index (χ1v) is 23.9. The van der Waals surface area contributed by atoms with Gasteiger partial charge in [0.2, 0.25) is 33.3 Å². The van der Waals surface area contributed by atoms with Gasteiger partial charge in [0.15, 0.2) is 5.78 Å². The first kappa shape index (κ1) is 46.4. The summed E-state index contributed by atoms with van der Waals surface area (Å²) in [4.78, 5) is 68.0. The van der Waals surface area contributed by atoms with Gasteiger partial charge in [0.25, 0.3) is 0 Å². The van der Waals surface area contributed by atoms with E-state index in [2.05, 4.69) is 14.7 Å². The zero-order valence-electron chi connectivity index (χ0n) is 36.3. The Balaban J connectivity index is 1.26. The first-order chi connectivity index (χ1) is 29.6. The lowest BCUT2D eigenvalue weighted by Crippen LogP contribution is -2.49. The van der Waals surface area contributed by atoms with Gasteiger partial charge in [-0.2, -0.15) is 13.2 Å². The number of pyridine rings is 1. The Labute approximate surface area is 369 Å². The van der Waals surface area contributed by atoms with Crippen LogP contribution in [0.3, 0.4) is 0 Å². The molecule has 2 saturated carbocycles. The van der Waals surface area contributed by atoms with Crippen LogP contribution in [0, 0.1) is 29.1 Å². The largest absolute Gasteiger partial charge is 0.497 e. The number of amides is 2. The number of ketones is 1. The van der Waals surface area contributed by atoms with Crippen molar-refractivity contribution in [2.75, 3.05) is 13.7 Å². The van der Waals surface area contributed by atoms with E-state index in [1.807, 2.05) is 37.4 Å². The summed E-state index contributed by atoms with van der Waals surface area (Å²) in [5.41, 5.74) is -3.49. The molecule has 2 aliphatic carbocycles. The van der Waals surface area contributed by atoms with Crippen molar-refractivity contribution < 1.29 is 55.0 Å². The Bertz CT molecular complexity index is 2390. The van der Waals surface area contributed by atoms with Crippen LogP contribution in [0.25, 0.3) is 21.3 Å². The lowest BCUT2D eigenvalue weighted by atomic mass is 9.79. The van der Waals surface area contributed by atoms with Gasteiger partial charge in [0.05, 0.1) is 42.2 Å². The summed E-state index contributed by atoms with van der Waals surface area (Å²) in [5, 5.41) is 3.88. The molecule has 0 spiro atoms. The molecule has 1 saturated heterocycles. The molecule has 1 N–H and O–H groups in total. The summed E-state index contributed by atoms with van der Waals surface area (Å²) < 4.78 is 86.7. The maximum absolute atomic E-state index is 15.1. The molecule has 7 rings (SSSR count). The molecule has 4 heterocycles. The van der Waals surface area contributed by atoms with Gasteiger partial charge in [0.1, 0.15) is 16.9 Å². The highest BCUT2D eigenvalue weighted by molar-refractivity contribution is 7.91. The van der Waals surface area contributed by atoms with E-state index >= 15 is 4.79 Å². The summed E-state index contributed by atoms with van der Waals surface area (Å²) in [6.07, 6.45) is 3.42. The molecule has 13 nitrogen and oxygen atoms in total. The predicted octanol–water partition coefficient (Wildman–Crippen LogP) is 7.97. The van der Waals surface area contributed by atoms with Crippen LogP contribution in [0.2, 0.25) is 0 Å². The van der Waals surface area contributed by atoms with Gasteiger partial charge >= 0.3 is 12.1 Å². The second-order valence-electron chi connectivity index (χ2n) is 18.5. The second-order valence-corrected chi connectivity index (χ2v) is 21.6. The summed E-state index contributed by atoms with van der Waals surface area (Å²) in [5.74, 6) is -4.38. The number of sulfonamides is 1. The van der Waals surface area contributed by atoms with Gasteiger partial charge in [-0.25, -0.2) is 18.4 Å². The van der Waals surface area contributed by atoms with Crippen molar-refractivity contribution in [2.24, 2.45) is 29.1 Å². The maximum atomic E-state index is 15.1. The first-order valence-electron chi connectivity index (χ1n) is 21.5. The minimum Gasteiger partial charge on any atom is -0.497 e. The van der Waals surface area contributed by atoms with Crippen molar-refractivity contribution in [2.45, 2.75) is 127 Å². The number of hydrogen-bond donors (Lipinski definition) is 1. The molecule has 2 aliphatic heterocycles. The van der Waals surface area contributed by atoms with Crippen LogP contribution < -0.4 is 14.2 Å². The summed E-state index contributed by atoms with van der Waals surface area (Å²) in [6, 6.07) is 4.17. The van der Waals surface area contributed by atoms with Crippen LogP contribution in [-0.2, 0) is 33.9 Å². The van der Waals surface area contributed by atoms with Crippen LogP contribution in [-0.4, -0.2) is 89.2 Å². The quantitative estimate of drug-likeness (QED) is 0.146. The third-order valence-electron chi connectivity index (χ3n) is 13.6. The van der Waals surface area contributed by atoms with Crippen molar-refractivity contribution in [1.29, 1.82) is 0 Å². The molecule has 2 aromatic heterocycles. The fourth-order valence-corrected chi connectivity index (χ4v) is 11.0. The van der Waals surface area contributed by atoms with Crippen LogP contribution in [0.15, 0.2) is 48.1 Å². The van der Waals surface area contributed by atoms with Crippen molar-refractivity contribution >= 4 is 55.7 Å². The molecule has 18 heteroatoms. The summed E-state index contributed by atoms with van der Waals surface area (Å²) in [6.45, 7) is 6.76. The lowest BCUT2D eigenvalue weighted by Gasteiger charge is -2.34. The number of hydrogen-bond acceptors (Lipinski definition) is 12. The van der Waals surface area contributed by atoms with Crippen LogP contribution >= 0.6 is 11.3 Å². The highest BCUT2D eigenvalue weighted by atomic mass is 32.2. The van der Waals surface area contributed by atoms with Gasteiger partial charge in [-0.05, 0) is 95.2 Å². The van der Waals surface area contributed by atoms with Crippen LogP contribution in [0.5, 0.6) is 11.6 Å². The van der Waals surface area contributed by atoms with Crippen molar-refractivity contribution in [3.8, 4) is 22.2 Å². The molecule has 3 aromatic rings. The smallest absolute Gasteiger partial charge is 0.427 e. The minimum atomic E-state index is -4.88. The Kier molecular flexibility index (Phi) is 12.8. The highest BCUT2D eigenvalue weighted by Crippen LogP contribution is 2.58. The molecule has 3 fully saturated rings. The number of esters is 1. The molecule has 4 aliphatic rings. The number of fused-ring (bicyclic) bond motifs is 3. The molecule has 342 valence electrons.